The molecule has 0 saturated carbocycles. The first-order valence-electron chi connectivity index (χ1n) is 9.96. The van der Waals surface area contributed by atoms with Crippen LogP contribution in [-0.2, 0) is 6.61 Å². The van der Waals surface area contributed by atoms with Crippen molar-refractivity contribution in [3.8, 4) is 11.5 Å². The number of nitrogens with zero attached hydrogens (tertiary/aromatic N) is 3. The molecule has 8 heteroatoms. The fraction of sp³-hybridized carbons (Fsp3) is 0.364. The molecule has 8 nitrogen and oxygen atoms in total. The maximum atomic E-state index is 12.7. The van der Waals surface area contributed by atoms with Crippen LogP contribution >= 0.6 is 0 Å². The highest BCUT2D eigenvalue weighted by Crippen LogP contribution is 2.33. The molecule has 1 aliphatic rings. The largest absolute Gasteiger partial charge is 0.496 e. The minimum absolute atomic E-state index is 0.129. The van der Waals surface area contributed by atoms with Gasteiger partial charge in [0.15, 0.2) is 11.5 Å². The van der Waals surface area contributed by atoms with E-state index in [1.807, 2.05) is 36.4 Å². The maximum absolute atomic E-state index is 12.7. The molecule has 0 atom stereocenters. The highest BCUT2D eigenvalue weighted by Gasteiger charge is 2.24. The van der Waals surface area contributed by atoms with Crippen LogP contribution < -0.4 is 9.47 Å². The highest BCUT2D eigenvalue weighted by atomic mass is 16.5. The van der Waals surface area contributed by atoms with Gasteiger partial charge in [0.05, 0.1) is 13.7 Å². The number of carbonyl (C=O) groups excluding carboxylic acids is 1. The molecule has 30 heavy (non-hydrogen) atoms. The predicted octanol–water partition coefficient (Wildman–Crippen LogP) is 2.17. The van der Waals surface area contributed by atoms with Crippen molar-refractivity contribution in [1.82, 2.24) is 15.0 Å². The first-order valence-corrected chi connectivity index (χ1v) is 9.96. The van der Waals surface area contributed by atoms with Crippen LogP contribution in [0.3, 0.4) is 0 Å². The number of piperazine rings is 1. The Kier molecular flexibility index (Phi) is 6.15. The molecular weight excluding hydrogens is 386 g/mol. The number of aliphatic hydroxyl groups is 1. The predicted molar refractivity (Wildman–Crippen MR) is 111 cm³/mol. The molecule has 1 fully saturated rings. The van der Waals surface area contributed by atoms with E-state index in [9.17, 15) is 4.79 Å². The van der Waals surface area contributed by atoms with E-state index in [4.69, 9.17) is 19.1 Å². The van der Waals surface area contributed by atoms with E-state index in [-0.39, 0.29) is 24.8 Å². The number of rotatable bonds is 7. The van der Waals surface area contributed by atoms with Crippen LogP contribution in [0.25, 0.3) is 10.8 Å². The lowest BCUT2D eigenvalue weighted by Gasteiger charge is -2.33. The molecule has 0 bridgehead atoms. The SMILES string of the molecule is COc1ccc(OCc2cc(C(=O)N3CCN(CCO)CC3)no2)c2ccccc12. The lowest BCUT2D eigenvalue weighted by molar-refractivity contribution is 0.0605. The Balaban J connectivity index is 1.40. The van der Waals surface area contributed by atoms with Gasteiger partial charge < -0.3 is 24.0 Å². The highest BCUT2D eigenvalue weighted by molar-refractivity contribution is 5.93. The van der Waals surface area contributed by atoms with Crippen molar-refractivity contribution >= 4 is 16.7 Å². The van der Waals surface area contributed by atoms with Crippen molar-refractivity contribution in [1.29, 1.82) is 0 Å². The normalized spacial score (nSPS) is 14.8. The monoisotopic (exact) mass is 411 g/mol. The van der Waals surface area contributed by atoms with Gasteiger partial charge in [-0.15, -0.1) is 0 Å². The first kappa shape index (κ1) is 20.2. The van der Waals surface area contributed by atoms with Gasteiger partial charge in [0, 0.05) is 49.6 Å². The molecular formula is C22H25N3O5. The zero-order valence-electron chi connectivity index (χ0n) is 16.9. The first-order chi connectivity index (χ1) is 14.7. The fourth-order valence-electron chi connectivity index (χ4n) is 3.66. The summed E-state index contributed by atoms with van der Waals surface area (Å²) in [5, 5.41) is 14.9. The molecule has 0 unspecified atom stereocenters. The van der Waals surface area contributed by atoms with Gasteiger partial charge in [-0.3, -0.25) is 9.69 Å². The Morgan fingerprint density at radius 2 is 1.80 bits per heavy atom. The van der Waals surface area contributed by atoms with E-state index in [1.54, 1.807) is 18.1 Å². The van der Waals surface area contributed by atoms with Gasteiger partial charge in [0.2, 0.25) is 0 Å². The van der Waals surface area contributed by atoms with E-state index in [0.717, 1.165) is 29.6 Å². The molecule has 1 aliphatic heterocycles. The lowest BCUT2D eigenvalue weighted by Crippen LogP contribution is -2.49. The summed E-state index contributed by atoms with van der Waals surface area (Å²) in [5.41, 5.74) is 0.281. The fourth-order valence-corrected chi connectivity index (χ4v) is 3.66. The van der Waals surface area contributed by atoms with Crippen LogP contribution in [0.2, 0.25) is 0 Å². The van der Waals surface area contributed by atoms with Gasteiger partial charge >= 0.3 is 0 Å². The average molecular weight is 411 g/mol. The summed E-state index contributed by atoms with van der Waals surface area (Å²) in [5.74, 6) is 1.82. The lowest BCUT2D eigenvalue weighted by atomic mass is 10.1. The number of carbonyl (C=O) groups is 1. The quantitative estimate of drug-likeness (QED) is 0.637. The van der Waals surface area contributed by atoms with Gasteiger partial charge in [0.1, 0.15) is 18.1 Å². The van der Waals surface area contributed by atoms with Crippen LogP contribution in [0.4, 0.5) is 0 Å². The van der Waals surface area contributed by atoms with Gasteiger partial charge in [-0.25, -0.2) is 0 Å². The minimum Gasteiger partial charge on any atom is -0.496 e. The zero-order chi connectivity index (χ0) is 20.9. The summed E-state index contributed by atoms with van der Waals surface area (Å²) in [6, 6.07) is 13.2. The Morgan fingerprint density at radius 3 is 2.50 bits per heavy atom. The summed E-state index contributed by atoms with van der Waals surface area (Å²) < 4.78 is 16.7. The molecule has 1 saturated heterocycles. The van der Waals surface area contributed by atoms with Crippen LogP contribution in [0, 0.1) is 0 Å². The number of β-amino-alcohol motifs (C(OH)–C–C–N with tert-alkyl or cyclic N) is 1. The molecule has 1 aromatic heterocycles. The molecule has 1 amide bonds. The summed E-state index contributed by atoms with van der Waals surface area (Å²) in [7, 11) is 1.64. The van der Waals surface area contributed by atoms with E-state index in [0.29, 0.717) is 31.1 Å². The van der Waals surface area contributed by atoms with Gasteiger partial charge in [-0.05, 0) is 12.1 Å². The number of aromatic nitrogens is 1. The molecule has 2 heterocycles. The van der Waals surface area contributed by atoms with E-state index in [1.165, 1.54) is 0 Å². The third-order valence-electron chi connectivity index (χ3n) is 5.29. The van der Waals surface area contributed by atoms with Crippen LogP contribution in [0.1, 0.15) is 16.2 Å². The number of aliphatic hydroxyl groups excluding tert-OH is 1. The Morgan fingerprint density at radius 1 is 1.10 bits per heavy atom. The molecule has 158 valence electrons. The summed E-state index contributed by atoms with van der Waals surface area (Å²) in [4.78, 5) is 16.6. The van der Waals surface area contributed by atoms with Crippen molar-refractivity contribution in [2.45, 2.75) is 6.61 Å². The van der Waals surface area contributed by atoms with Crippen molar-refractivity contribution in [3.63, 3.8) is 0 Å². The topological polar surface area (TPSA) is 88.3 Å². The molecule has 0 aliphatic carbocycles. The van der Waals surface area contributed by atoms with Crippen molar-refractivity contribution in [2.75, 3.05) is 46.4 Å². The van der Waals surface area contributed by atoms with Gasteiger partial charge in [-0.2, -0.15) is 0 Å². The number of methoxy groups -OCH3 is 1. The van der Waals surface area contributed by atoms with Crippen molar-refractivity contribution in [2.24, 2.45) is 0 Å². The summed E-state index contributed by atoms with van der Waals surface area (Å²) in [6.07, 6.45) is 0. The Labute approximate surface area is 174 Å². The second-order valence-electron chi connectivity index (χ2n) is 7.14. The Hall–Kier alpha value is -3.10. The molecule has 0 spiro atoms. The second kappa shape index (κ2) is 9.15. The van der Waals surface area contributed by atoms with Gasteiger partial charge in [-0.1, -0.05) is 29.4 Å². The number of fused-ring (bicyclic) bond motifs is 1. The average Bonchev–Trinajstić information content (AvgIpc) is 3.27. The standard InChI is InChI=1S/C22H25N3O5/c1-28-20-6-7-21(18-5-3-2-4-17(18)20)29-15-16-14-19(23-30-16)22(27)25-10-8-24(9-11-25)12-13-26/h2-7,14,26H,8-13,15H2,1H3. The number of hydrogen-bond acceptors (Lipinski definition) is 7. The molecule has 4 rings (SSSR count). The second-order valence-corrected chi connectivity index (χ2v) is 7.14. The third-order valence-corrected chi connectivity index (χ3v) is 5.29. The Bertz CT molecular complexity index is 1010. The summed E-state index contributed by atoms with van der Waals surface area (Å²) >= 11 is 0. The zero-order valence-corrected chi connectivity index (χ0v) is 16.9. The van der Waals surface area contributed by atoms with E-state index in [2.05, 4.69) is 10.1 Å². The maximum Gasteiger partial charge on any atom is 0.276 e. The summed E-state index contributed by atoms with van der Waals surface area (Å²) in [6.45, 7) is 3.62. The van der Waals surface area contributed by atoms with E-state index < -0.39 is 0 Å². The van der Waals surface area contributed by atoms with E-state index >= 15 is 0 Å². The van der Waals surface area contributed by atoms with Crippen LogP contribution in [0.5, 0.6) is 11.5 Å². The number of ether oxygens (including phenoxy) is 2. The molecule has 1 N–H and O–H groups in total. The molecule has 2 aromatic carbocycles. The van der Waals surface area contributed by atoms with Crippen molar-refractivity contribution < 1.29 is 23.9 Å². The number of amides is 1. The third kappa shape index (κ3) is 4.24. The minimum atomic E-state index is -0.149. The van der Waals surface area contributed by atoms with Gasteiger partial charge in [0.25, 0.3) is 5.91 Å². The van der Waals surface area contributed by atoms with Crippen LogP contribution in [0.15, 0.2) is 47.0 Å². The van der Waals surface area contributed by atoms with Crippen molar-refractivity contribution in [3.05, 3.63) is 53.9 Å². The number of benzene rings is 2. The van der Waals surface area contributed by atoms with Crippen LogP contribution in [-0.4, -0.2) is 72.4 Å². The number of hydrogen-bond donors (Lipinski definition) is 1. The molecule has 0 radical (unpaired) electrons. The smallest absolute Gasteiger partial charge is 0.276 e. The molecule has 3 aromatic rings.